The average molecular weight is 1940 g/mol. The summed E-state index contributed by atoms with van der Waals surface area (Å²) in [6, 6.07) is 39.1. The highest BCUT2D eigenvalue weighted by Crippen LogP contribution is 2.67. The van der Waals surface area contributed by atoms with Gasteiger partial charge in [-0.15, -0.1) is 0 Å². The Morgan fingerprint density at radius 3 is 1.25 bits per heavy atom. The fourth-order valence-corrected chi connectivity index (χ4v) is 23.3. The van der Waals surface area contributed by atoms with Crippen molar-refractivity contribution in [1.82, 2.24) is 20.4 Å². The van der Waals surface area contributed by atoms with Crippen LogP contribution in [0.4, 0.5) is 0 Å². The lowest BCUT2D eigenvalue weighted by Gasteiger charge is -2.64. The number of carboxylic acids is 1. The first-order valence-electron chi connectivity index (χ1n) is 51.9. The molecule has 6 aromatic carbocycles. The van der Waals surface area contributed by atoms with Crippen LogP contribution in [0.5, 0.6) is 11.5 Å². The third-order valence-corrected chi connectivity index (χ3v) is 32.5. The molecule has 16 rings (SSSR count). The maximum atomic E-state index is 14.8. The van der Waals surface area contributed by atoms with Crippen LogP contribution in [0.2, 0.25) is 5.82 Å². The second-order valence-electron chi connectivity index (χ2n) is 43.1. The minimum atomic E-state index is -1.13. The SMILES string of the molecule is C.C.CCCCc1ccc(-c2ccc(C(=O)C[C@@H](CCCCN)C(=O)N(C)[C@@H]3C(=O)C[C@@H](C)C(=O)N[C@H](C(=O)C[C@@H](C)B4O[C@@H]5C[C@@H]6C[C@@H](C6(C)C)[C@]5(C)O4)CCCCc4cc3ccc4OC)cc2)cc1.CCCCc1ccc(-c2ccc(C(=O)C[C@@H](CCCCN)C(=O)N(C)[C@@H]3C(=O)C[C@@H](C)C(=O)N[C@H](C(=O)O)CCCCc4cc3ccc4OC)cc2)cc1.C[C@H](N)B1O[C@@H]2C[C@@H]3C[C@@H](C3(C)C)[C@]2(C)O1. The van der Waals surface area contributed by atoms with Crippen LogP contribution in [0.15, 0.2) is 133 Å². The lowest BCUT2D eigenvalue weighted by molar-refractivity contribution is -0.199. The summed E-state index contributed by atoms with van der Waals surface area (Å²) in [5.41, 5.74) is 28.4. The van der Waals surface area contributed by atoms with E-state index in [1.165, 1.54) is 27.3 Å². The van der Waals surface area contributed by atoms with Gasteiger partial charge < -0.3 is 70.8 Å². The number of aliphatic carboxylic acids is 1. The number of fused-ring (bicyclic) bond motifs is 4. The topological polar surface area (TPSA) is 355 Å². The third-order valence-electron chi connectivity index (χ3n) is 32.5. The largest absolute Gasteiger partial charge is 0.496 e. The van der Waals surface area contributed by atoms with Gasteiger partial charge in [-0.1, -0.05) is 232 Å². The number of ketones is 5. The summed E-state index contributed by atoms with van der Waals surface area (Å²) in [6.45, 7) is 26.3. The van der Waals surface area contributed by atoms with Crippen LogP contribution in [0, 0.1) is 58.2 Å². The number of nitrogens with one attached hydrogen (secondary N) is 2. The lowest BCUT2D eigenvalue weighted by atomic mass is 9.43. The van der Waals surface area contributed by atoms with Gasteiger partial charge in [-0.05, 0) is 263 Å². The van der Waals surface area contributed by atoms with E-state index in [0.717, 1.165) is 97.1 Å². The van der Waals surface area contributed by atoms with Crippen LogP contribution in [-0.4, -0.2) is 170 Å². The van der Waals surface area contributed by atoms with E-state index in [2.05, 4.69) is 115 Å². The fraction of sp³-hybridized carbons (Fsp3) is 0.600. The highest BCUT2D eigenvalue weighted by Gasteiger charge is 2.70. The number of aryl methyl sites for hydroxylation is 4. The van der Waals surface area contributed by atoms with E-state index in [9.17, 15) is 53.1 Å². The highest BCUT2D eigenvalue weighted by atomic mass is 16.7. The summed E-state index contributed by atoms with van der Waals surface area (Å²) in [4.78, 5) is 142. The Morgan fingerprint density at radius 1 is 0.504 bits per heavy atom. The van der Waals surface area contributed by atoms with Crippen molar-refractivity contribution in [2.45, 2.75) is 343 Å². The average Bonchev–Trinajstić information content (AvgIpc) is 1.62. The Hall–Kier alpha value is -9.53. The number of hydrogen-bond acceptors (Lipinski definition) is 19. The van der Waals surface area contributed by atoms with Gasteiger partial charge in [0.1, 0.15) is 29.6 Å². The predicted octanol–water partition coefficient (Wildman–Crippen LogP) is 20.1. The first-order valence-corrected chi connectivity index (χ1v) is 51.9. The number of Topliss-reactive ketones (excluding diaryl/α,β-unsaturated/α-hetero) is 5. The second-order valence-corrected chi connectivity index (χ2v) is 43.1. The molecule has 24 nitrogen and oxygen atoms in total. The maximum absolute atomic E-state index is 14.8. The first-order chi connectivity index (χ1) is 66.3. The standard InChI is InChI=1S/C57H78BN3O8.C44H57N3O7.C12H22BNO2.2CH4/c1-9-10-15-38-19-21-39(22-20-38)40-23-25-41(26-24-40)47(62)33-44(17-13-14-29-59)55(66)61(7)53-43-27-28-50(67-8)42(32-43)16-11-12-18-46(60-54(65)36(2)30-49(53)64)48(63)31-37(3)58-68-52-35-45-34-51(56(45,4)5)57(52,6)69-58;1-5-6-11-30-15-17-31(18-16-30)32-19-21-33(22-20-32)38(48)28-36(13-9-10-25-45)43(51)47(3)41-35-23-24-40(54-4)34(27-35)12-7-8-14-37(44(52)53)46-42(50)29(2)26-39(41)49;1-7(14)13-15-10-6-8-5-9(11(8,2)3)12(10,4)16-13;;/h19-28,32,36-37,44-46,51-53H,9-18,29-31,33-35,59H2,1-8H3,(H,60,65);15-24,27,29,36-37,41H,5-14,25-26,28,45H2,1-4H3,(H,46,50)(H,52,53);7-10H,5-6,14H2,1-4H3;2*1H4/t36-,37-,44-,45+,46+,51+,52-,53+,57+;29-,36-,37+,41+;7-,8-,9-,10+,12-;;/m110../s1. The molecule has 141 heavy (non-hydrogen) atoms. The van der Waals surface area contributed by atoms with Crippen molar-refractivity contribution in [2.75, 3.05) is 41.4 Å². The van der Waals surface area contributed by atoms with Gasteiger partial charge >= 0.3 is 20.2 Å². The summed E-state index contributed by atoms with van der Waals surface area (Å²) in [6.07, 6.45) is 19.1. The molecule has 8 fully saturated rings. The zero-order valence-corrected chi connectivity index (χ0v) is 85.6. The number of methoxy groups -OCH3 is 2. The zero-order chi connectivity index (χ0) is 101. The zero-order valence-electron chi connectivity index (χ0n) is 85.6. The number of amides is 4. The van der Waals surface area contributed by atoms with E-state index in [1.54, 1.807) is 66.4 Å². The Bertz CT molecular complexity index is 5230. The molecule has 10 aliphatic rings. The number of benzene rings is 6. The summed E-state index contributed by atoms with van der Waals surface area (Å²) in [7, 11) is 5.67. The van der Waals surface area contributed by atoms with Crippen molar-refractivity contribution in [2.24, 2.45) is 75.4 Å². The highest BCUT2D eigenvalue weighted by molar-refractivity contribution is 6.48. The van der Waals surface area contributed by atoms with Crippen molar-refractivity contribution >= 4 is 72.8 Å². The van der Waals surface area contributed by atoms with Crippen molar-refractivity contribution < 1.29 is 81.1 Å². The molecule has 0 aromatic heterocycles. The quantitative estimate of drug-likeness (QED) is 0.0124. The maximum Gasteiger partial charge on any atom is 0.475 e. The smallest absolute Gasteiger partial charge is 0.475 e. The number of unbranched alkanes of at least 4 members (excludes halogenated alkanes) is 4. The second kappa shape index (κ2) is 50.8. The third kappa shape index (κ3) is 27.0. The van der Waals surface area contributed by atoms with E-state index in [-0.39, 0.29) is 148 Å². The lowest BCUT2D eigenvalue weighted by Crippen LogP contribution is -2.65. The number of carbonyl (C=O) groups excluding carboxylic acids is 9. The van der Waals surface area contributed by atoms with Gasteiger partial charge in [-0.25, -0.2) is 4.79 Å². The molecule has 4 aliphatic heterocycles. The number of rotatable bonds is 34. The molecule has 6 aromatic rings. The summed E-state index contributed by atoms with van der Waals surface area (Å²) in [5.74, 6) is -3.34. The molecule has 0 unspecified atom stereocenters. The van der Waals surface area contributed by atoms with Crippen molar-refractivity contribution in [3.05, 3.63) is 178 Å². The van der Waals surface area contributed by atoms with Crippen molar-refractivity contribution in [3.8, 4) is 33.8 Å². The normalized spacial score (nSPS) is 25.8. The van der Waals surface area contributed by atoms with Crippen LogP contribution in [0.1, 0.15) is 325 Å². The number of nitrogens with two attached hydrogens (primary N) is 3. The van der Waals surface area contributed by atoms with E-state index >= 15 is 0 Å². The monoisotopic (exact) mass is 1940 g/mol. The molecule has 18 atom stereocenters. The van der Waals surface area contributed by atoms with Crippen LogP contribution in [-0.2, 0) is 82.7 Å². The Kier molecular flexibility index (Phi) is 40.9. The van der Waals surface area contributed by atoms with Crippen LogP contribution in [0.3, 0.4) is 0 Å². The summed E-state index contributed by atoms with van der Waals surface area (Å²) in [5, 5.41) is 15.4. The minimum absolute atomic E-state index is 0. The van der Waals surface area contributed by atoms with Gasteiger partial charge in [0.25, 0.3) is 0 Å². The van der Waals surface area contributed by atoms with Crippen molar-refractivity contribution in [3.63, 3.8) is 0 Å². The molecule has 9 N–H and O–H groups in total. The van der Waals surface area contributed by atoms with Crippen LogP contribution >= 0.6 is 0 Å². The number of carboxylic acid groups (broad SMARTS) is 1. The van der Waals surface area contributed by atoms with Gasteiger partial charge in [0.15, 0.2) is 28.9 Å². The number of carbonyl (C=O) groups is 10. The number of likely N-dealkylation sites (N-methyl/N-ethyl adjacent to an activating group) is 2. The molecular weight excluding hydrogens is 1770 g/mol. The molecule has 6 saturated carbocycles. The molecule has 0 spiro atoms. The summed E-state index contributed by atoms with van der Waals surface area (Å²) < 4.78 is 36.8. The molecule has 4 amide bonds. The molecule has 6 aliphatic carbocycles. The van der Waals surface area contributed by atoms with Crippen LogP contribution in [0.25, 0.3) is 22.3 Å². The van der Waals surface area contributed by atoms with Crippen molar-refractivity contribution in [1.29, 1.82) is 0 Å². The molecule has 2 saturated heterocycles. The van der Waals surface area contributed by atoms with E-state index in [4.69, 9.17) is 45.3 Å². The Balaban J connectivity index is 0.000000251. The Labute approximate surface area is 841 Å². The van der Waals surface area contributed by atoms with Gasteiger partial charge in [0.2, 0.25) is 23.6 Å². The van der Waals surface area contributed by atoms with E-state index < -0.39 is 66.8 Å². The first kappa shape index (κ1) is 113. The number of hydrogen-bond donors (Lipinski definition) is 6. The molecular formula is C115H165B2N7O17. The molecule has 8 bridgehead atoms. The van der Waals surface area contributed by atoms with Gasteiger partial charge in [-0.3, -0.25) is 43.2 Å². The van der Waals surface area contributed by atoms with Gasteiger partial charge in [0.05, 0.1) is 43.7 Å². The fourth-order valence-electron chi connectivity index (χ4n) is 23.3. The Morgan fingerprint density at radius 2 is 0.879 bits per heavy atom. The number of ether oxygens (including phenoxy) is 2. The predicted molar refractivity (Wildman–Crippen MR) is 559 cm³/mol. The molecule has 0 radical (unpaired) electrons. The van der Waals surface area contributed by atoms with Gasteiger partial charge in [-0.2, -0.15) is 0 Å². The van der Waals surface area contributed by atoms with Crippen LogP contribution < -0.4 is 37.3 Å². The molecule has 26 heteroatoms. The van der Waals surface area contributed by atoms with E-state index in [1.807, 2.05) is 74.5 Å². The minimum Gasteiger partial charge on any atom is -0.496 e. The van der Waals surface area contributed by atoms with E-state index in [0.29, 0.717) is 153 Å². The summed E-state index contributed by atoms with van der Waals surface area (Å²) >= 11 is 0. The van der Waals surface area contributed by atoms with Gasteiger partial charge in [0, 0.05) is 86.9 Å². The molecule has 768 valence electrons. The molecule has 4 heterocycles. The number of nitrogens with zero attached hydrogens (tertiary/aromatic N) is 2.